The lowest BCUT2D eigenvalue weighted by atomic mass is 10.0. The predicted molar refractivity (Wildman–Crippen MR) is 144 cm³/mol. The summed E-state index contributed by atoms with van der Waals surface area (Å²) >= 11 is 5.93. The number of carbonyl (C=O) groups excluding carboxylic acids is 3. The highest BCUT2D eigenvalue weighted by atomic mass is 35.5. The number of hydroxylamine groups is 1. The van der Waals surface area contributed by atoms with Gasteiger partial charge in [-0.05, 0) is 65.7 Å². The van der Waals surface area contributed by atoms with Gasteiger partial charge in [0.25, 0.3) is 0 Å². The Hall–Kier alpha value is -4.08. The van der Waals surface area contributed by atoms with Crippen molar-refractivity contribution in [3.63, 3.8) is 0 Å². The largest absolute Gasteiger partial charge is 0.497 e. The molecule has 9 nitrogen and oxygen atoms in total. The molecule has 0 aromatic heterocycles. The normalized spacial score (nSPS) is 15.2. The van der Waals surface area contributed by atoms with Crippen molar-refractivity contribution >= 4 is 45.8 Å². The number of esters is 1. The number of halogens is 1. The SMILES string of the molecule is CCOC(=O)c1ccc(NC(=O)[C@H](CC2C=C(Cl)NO2)NC(=O)Cc2ccc3cc(OC)ccc3c2)cc1. The van der Waals surface area contributed by atoms with Crippen LogP contribution in [0, 0.1) is 0 Å². The Morgan fingerprint density at radius 1 is 1.05 bits per heavy atom. The second-order valence-electron chi connectivity index (χ2n) is 8.64. The predicted octanol–water partition coefficient (Wildman–Crippen LogP) is 4.06. The fraction of sp³-hybridized carbons (Fsp3) is 0.250. The van der Waals surface area contributed by atoms with Gasteiger partial charge in [-0.15, -0.1) is 0 Å². The summed E-state index contributed by atoms with van der Waals surface area (Å²) in [5, 5.41) is 7.87. The van der Waals surface area contributed by atoms with Crippen LogP contribution >= 0.6 is 11.6 Å². The van der Waals surface area contributed by atoms with Gasteiger partial charge in [0.1, 0.15) is 23.1 Å². The number of rotatable bonds is 10. The molecule has 2 atom stereocenters. The van der Waals surface area contributed by atoms with Crippen LogP contribution in [0.4, 0.5) is 5.69 Å². The molecule has 1 heterocycles. The zero-order valence-corrected chi connectivity index (χ0v) is 21.7. The number of hydrogen-bond donors (Lipinski definition) is 3. The molecule has 0 spiro atoms. The topological polar surface area (TPSA) is 115 Å². The third-order valence-electron chi connectivity index (χ3n) is 5.90. The minimum Gasteiger partial charge on any atom is -0.497 e. The third kappa shape index (κ3) is 7.02. The van der Waals surface area contributed by atoms with E-state index in [0.29, 0.717) is 16.4 Å². The summed E-state index contributed by atoms with van der Waals surface area (Å²) in [7, 11) is 1.61. The zero-order chi connectivity index (χ0) is 27.1. The quantitative estimate of drug-likeness (QED) is 0.264. The molecule has 0 aliphatic carbocycles. The Morgan fingerprint density at radius 3 is 2.47 bits per heavy atom. The molecule has 0 saturated heterocycles. The molecule has 1 aliphatic heterocycles. The minimum absolute atomic E-state index is 0.0837. The van der Waals surface area contributed by atoms with Crippen molar-refractivity contribution in [1.82, 2.24) is 10.8 Å². The van der Waals surface area contributed by atoms with Crippen LogP contribution < -0.4 is 20.9 Å². The van der Waals surface area contributed by atoms with E-state index >= 15 is 0 Å². The van der Waals surface area contributed by atoms with Crippen molar-refractivity contribution in [2.24, 2.45) is 0 Å². The minimum atomic E-state index is -0.914. The third-order valence-corrected chi connectivity index (χ3v) is 6.10. The molecule has 0 saturated carbocycles. The average Bonchev–Trinajstić information content (AvgIpc) is 3.32. The molecule has 1 aliphatic rings. The summed E-state index contributed by atoms with van der Waals surface area (Å²) in [6.07, 6.45) is 1.35. The highest BCUT2D eigenvalue weighted by Gasteiger charge is 2.27. The Bertz CT molecular complexity index is 1360. The van der Waals surface area contributed by atoms with E-state index < -0.39 is 24.0 Å². The van der Waals surface area contributed by atoms with Crippen LogP contribution in [0.15, 0.2) is 71.9 Å². The molecular formula is C28H28ClN3O6. The molecule has 3 aromatic carbocycles. The van der Waals surface area contributed by atoms with Crippen molar-refractivity contribution in [2.45, 2.75) is 31.9 Å². The van der Waals surface area contributed by atoms with E-state index in [1.807, 2.05) is 36.4 Å². The number of hydrogen-bond acceptors (Lipinski definition) is 7. The van der Waals surface area contributed by atoms with Crippen LogP contribution in [0.1, 0.15) is 29.3 Å². The average molecular weight is 538 g/mol. The van der Waals surface area contributed by atoms with Crippen molar-refractivity contribution in [1.29, 1.82) is 0 Å². The van der Waals surface area contributed by atoms with E-state index in [1.54, 1.807) is 44.4 Å². The summed E-state index contributed by atoms with van der Waals surface area (Å²) < 4.78 is 10.2. The maximum absolute atomic E-state index is 13.2. The number of ether oxygens (including phenoxy) is 2. The summed E-state index contributed by atoms with van der Waals surface area (Å²) in [6, 6.07) is 16.8. The standard InChI is InChI=1S/C28H28ClN3O6/c1-3-37-28(35)18-6-9-21(10-7-18)30-27(34)24(15-23-16-25(29)32-38-23)31-26(33)13-17-4-5-20-14-22(36-2)11-8-19(20)12-17/h4-12,14,16,23-24,32H,3,13,15H2,1-2H3,(H,30,34)(H,31,33)/t23?,24-/m0/s1. The Labute approximate surface area is 225 Å². The molecule has 3 N–H and O–H groups in total. The molecule has 0 fully saturated rings. The van der Waals surface area contributed by atoms with Gasteiger partial charge in [-0.3, -0.25) is 19.9 Å². The molecule has 3 aromatic rings. The van der Waals surface area contributed by atoms with Gasteiger partial charge in [0.15, 0.2) is 0 Å². The van der Waals surface area contributed by atoms with E-state index in [1.165, 1.54) is 0 Å². The second kappa shape index (κ2) is 12.4. The van der Waals surface area contributed by atoms with Crippen LogP contribution in [0.2, 0.25) is 0 Å². The highest BCUT2D eigenvalue weighted by molar-refractivity contribution is 6.29. The number of fused-ring (bicyclic) bond motifs is 1. The van der Waals surface area contributed by atoms with Crippen LogP contribution in [0.3, 0.4) is 0 Å². The van der Waals surface area contributed by atoms with E-state index in [-0.39, 0.29) is 25.4 Å². The van der Waals surface area contributed by atoms with Crippen LogP contribution in [0.5, 0.6) is 5.75 Å². The molecular weight excluding hydrogens is 510 g/mol. The van der Waals surface area contributed by atoms with Crippen molar-refractivity contribution in [3.05, 3.63) is 83.0 Å². The van der Waals surface area contributed by atoms with Gasteiger partial charge in [0, 0.05) is 12.1 Å². The summed E-state index contributed by atoms with van der Waals surface area (Å²) in [5.74, 6) is -0.451. The van der Waals surface area contributed by atoms with Gasteiger partial charge < -0.3 is 20.1 Å². The first-order valence-electron chi connectivity index (χ1n) is 12.1. The molecule has 4 rings (SSSR count). The van der Waals surface area contributed by atoms with Gasteiger partial charge in [0.05, 0.1) is 25.7 Å². The van der Waals surface area contributed by atoms with Gasteiger partial charge in [0.2, 0.25) is 11.8 Å². The lowest BCUT2D eigenvalue weighted by Crippen LogP contribution is -2.46. The fourth-order valence-electron chi connectivity index (χ4n) is 4.02. The number of amides is 2. The van der Waals surface area contributed by atoms with Gasteiger partial charge >= 0.3 is 5.97 Å². The van der Waals surface area contributed by atoms with Gasteiger partial charge in [-0.2, -0.15) is 0 Å². The molecule has 198 valence electrons. The Kier molecular flexibility index (Phi) is 8.83. The number of benzene rings is 3. The highest BCUT2D eigenvalue weighted by Crippen LogP contribution is 2.22. The second-order valence-corrected chi connectivity index (χ2v) is 9.05. The van der Waals surface area contributed by atoms with Crippen LogP contribution in [-0.4, -0.2) is 43.6 Å². The Morgan fingerprint density at radius 2 is 1.79 bits per heavy atom. The lowest BCUT2D eigenvalue weighted by Gasteiger charge is -2.20. The Balaban J connectivity index is 1.44. The smallest absolute Gasteiger partial charge is 0.338 e. The molecule has 38 heavy (non-hydrogen) atoms. The van der Waals surface area contributed by atoms with E-state index in [9.17, 15) is 14.4 Å². The first-order valence-corrected chi connectivity index (χ1v) is 12.5. The van der Waals surface area contributed by atoms with E-state index in [0.717, 1.165) is 22.1 Å². The maximum atomic E-state index is 13.2. The molecule has 0 bridgehead atoms. The summed E-state index contributed by atoms with van der Waals surface area (Å²) in [6.45, 7) is 1.99. The lowest BCUT2D eigenvalue weighted by molar-refractivity contribution is -0.126. The van der Waals surface area contributed by atoms with Gasteiger partial charge in [-0.25, -0.2) is 4.79 Å². The number of methoxy groups -OCH3 is 1. The number of anilines is 1. The van der Waals surface area contributed by atoms with Crippen molar-refractivity contribution in [3.8, 4) is 5.75 Å². The van der Waals surface area contributed by atoms with E-state index in [2.05, 4.69) is 16.1 Å². The van der Waals surface area contributed by atoms with Gasteiger partial charge in [-0.1, -0.05) is 35.9 Å². The van der Waals surface area contributed by atoms with Crippen LogP contribution in [0.25, 0.3) is 10.8 Å². The number of carbonyl (C=O) groups is 3. The summed E-state index contributed by atoms with van der Waals surface area (Å²) in [5.41, 5.74) is 4.17. The zero-order valence-electron chi connectivity index (χ0n) is 21.0. The summed E-state index contributed by atoms with van der Waals surface area (Å²) in [4.78, 5) is 43.4. The molecule has 1 unspecified atom stereocenters. The molecule has 2 amide bonds. The molecule has 0 radical (unpaired) electrons. The molecule has 10 heteroatoms. The van der Waals surface area contributed by atoms with Crippen molar-refractivity contribution in [2.75, 3.05) is 19.0 Å². The first-order chi connectivity index (χ1) is 18.3. The first kappa shape index (κ1) is 27.0. The number of nitrogens with one attached hydrogen (secondary N) is 3. The van der Waals surface area contributed by atoms with Crippen LogP contribution in [-0.2, 0) is 25.6 Å². The fourth-order valence-corrected chi connectivity index (χ4v) is 4.20. The van der Waals surface area contributed by atoms with E-state index in [4.69, 9.17) is 25.9 Å². The monoisotopic (exact) mass is 537 g/mol. The maximum Gasteiger partial charge on any atom is 0.338 e. The van der Waals surface area contributed by atoms with Crippen molar-refractivity contribution < 1.29 is 28.7 Å².